The second kappa shape index (κ2) is 17.2. The van der Waals surface area contributed by atoms with Crippen molar-refractivity contribution in [2.75, 3.05) is 33.0 Å². The van der Waals surface area contributed by atoms with E-state index >= 15 is 0 Å². The van der Waals surface area contributed by atoms with Gasteiger partial charge in [0.1, 0.15) is 0 Å². The number of aliphatic hydroxyl groups excluding tert-OH is 2. The van der Waals surface area contributed by atoms with Crippen LogP contribution in [0.4, 0.5) is 0 Å². The van der Waals surface area contributed by atoms with Gasteiger partial charge in [-0.3, -0.25) is 19.4 Å². The minimum absolute atomic E-state index is 0.0600. The molecule has 0 rings (SSSR count). The molecule has 130 valence electrons. The third-order valence-electron chi connectivity index (χ3n) is 1.38. The van der Waals surface area contributed by atoms with Crippen LogP contribution in [0.15, 0.2) is 0 Å². The molecule has 0 aromatic carbocycles. The molecule has 0 aliphatic carbocycles. The molecule has 0 aromatic heterocycles. The zero-order valence-electron chi connectivity index (χ0n) is 11.6. The predicted molar refractivity (Wildman–Crippen MR) is 65.8 cm³/mol. The summed E-state index contributed by atoms with van der Waals surface area (Å²) in [6, 6.07) is 0. The lowest BCUT2D eigenvalue weighted by atomic mass is 10.3. The molecule has 0 bridgehead atoms. The second-order valence-corrected chi connectivity index (χ2v) is 3.23. The van der Waals surface area contributed by atoms with Crippen LogP contribution in [0.3, 0.4) is 0 Å². The van der Waals surface area contributed by atoms with E-state index in [9.17, 15) is 14.4 Å². The molecule has 0 aliphatic heterocycles. The van der Waals surface area contributed by atoms with Crippen molar-refractivity contribution in [2.45, 2.75) is 12.8 Å². The second-order valence-electron chi connectivity index (χ2n) is 3.23. The highest BCUT2D eigenvalue weighted by atomic mass is 17.2. The third kappa shape index (κ3) is 23.3. The first-order chi connectivity index (χ1) is 10.4. The fourth-order valence-electron chi connectivity index (χ4n) is 0.613. The summed E-state index contributed by atoms with van der Waals surface area (Å²) >= 11 is 0. The topological polar surface area (TPSA) is 181 Å². The first-order valence-electron chi connectivity index (χ1n) is 5.90. The average Bonchev–Trinajstić information content (AvgIpc) is 2.45. The van der Waals surface area contributed by atoms with Crippen molar-refractivity contribution < 1.29 is 54.3 Å². The number of aliphatic hydroxyl groups is 2. The van der Waals surface area contributed by atoms with Gasteiger partial charge in [-0.2, -0.15) is 4.89 Å². The molecule has 0 radical (unpaired) electrons. The molecular formula is C10H19NO11. The van der Waals surface area contributed by atoms with Gasteiger partial charge in [0.2, 0.25) is 0 Å². The monoisotopic (exact) mass is 329 g/mol. The minimum Gasteiger partial charge on any atom is -0.481 e. The Labute approximate surface area is 125 Å². The SMILES string of the molecule is O=C(O)CCC(=O)OOCC(=O)O.OCCONOCCO. The van der Waals surface area contributed by atoms with E-state index in [1.807, 2.05) is 0 Å². The molecule has 12 heteroatoms. The van der Waals surface area contributed by atoms with E-state index in [2.05, 4.69) is 25.1 Å². The van der Waals surface area contributed by atoms with Crippen LogP contribution >= 0.6 is 0 Å². The van der Waals surface area contributed by atoms with Crippen molar-refractivity contribution in [1.29, 1.82) is 0 Å². The van der Waals surface area contributed by atoms with E-state index in [0.717, 1.165) is 0 Å². The van der Waals surface area contributed by atoms with Crippen LogP contribution < -0.4 is 5.64 Å². The van der Waals surface area contributed by atoms with E-state index in [-0.39, 0.29) is 39.3 Å². The molecule has 0 saturated heterocycles. The quantitative estimate of drug-likeness (QED) is 0.149. The summed E-state index contributed by atoms with van der Waals surface area (Å²) < 4.78 is 0. The van der Waals surface area contributed by atoms with Gasteiger partial charge in [0.05, 0.1) is 39.3 Å². The highest BCUT2D eigenvalue weighted by molar-refractivity contribution is 5.76. The first kappa shape index (κ1) is 22.5. The largest absolute Gasteiger partial charge is 0.481 e. The number of rotatable bonds is 12. The van der Waals surface area contributed by atoms with Gasteiger partial charge in [0.15, 0.2) is 6.61 Å². The van der Waals surface area contributed by atoms with E-state index in [0.29, 0.717) is 0 Å². The summed E-state index contributed by atoms with van der Waals surface area (Å²) in [6.07, 6.45) is -0.732. The summed E-state index contributed by atoms with van der Waals surface area (Å²) in [5.74, 6) is -3.34. The Bertz CT molecular complexity index is 303. The summed E-state index contributed by atoms with van der Waals surface area (Å²) in [5, 5.41) is 32.5. The van der Waals surface area contributed by atoms with E-state index in [4.69, 9.17) is 20.4 Å². The molecule has 0 spiro atoms. The van der Waals surface area contributed by atoms with Crippen LogP contribution in [-0.4, -0.2) is 71.4 Å². The Morgan fingerprint density at radius 2 is 1.41 bits per heavy atom. The van der Waals surface area contributed by atoms with E-state index in [1.54, 1.807) is 0 Å². The maximum Gasteiger partial charge on any atom is 0.342 e. The van der Waals surface area contributed by atoms with Crippen molar-refractivity contribution in [1.82, 2.24) is 5.64 Å². The predicted octanol–water partition coefficient (Wildman–Crippen LogP) is -2.17. The lowest BCUT2D eigenvalue weighted by molar-refractivity contribution is -0.271. The van der Waals surface area contributed by atoms with Crippen molar-refractivity contribution >= 4 is 17.9 Å². The van der Waals surface area contributed by atoms with Crippen LogP contribution in [0.2, 0.25) is 0 Å². The molecule has 0 fully saturated rings. The summed E-state index contributed by atoms with van der Waals surface area (Å²) in [5.41, 5.74) is 2.07. The molecule has 0 aliphatic rings. The van der Waals surface area contributed by atoms with Gasteiger partial charge in [-0.1, -0.05) is 5.64 Å². The zero-order chi connectivity index (χ0) is 17.2. The van der Waals surface area contributed by atoms with E-state index in [1.165, 1.54) is 0 Å². The molecule has 0 saturated carbocycles. The van der Waals surface area contributed by atoms with Crippen molar-refractivity contribution in [3.05, 3.63) is 0 Å². The smallest absolute Gasteiger partial charge is 0.342 e. The molecule has 12 nitrogen and oxygen atoms in total. The Kier molecular flexibility index (Phi) is 17.6. The number of hydrogen-bond acceptors (Lipinski definition) is 10. The van der Waals surface area contributed by atoms with Gasteiger partial charge >= 0.3 is 17.9 Å². The minimum atomic E-state index is -1.29. The number of hydrogen-bond donors (Lipinski definition) is 5. The lowest BCUT2D eigenvalue weighted by Crippen LogP contribution is -2.19. The van der Waals surface area contributed by atoms with Gasteiger partial charge in [-0.25, -0.2) is 9.59 Å². The molecule has 0 atom stereocenters. The van der Waals surface area contributed by atoms with Crippen LogP contribution in [0, 0.1) is 0 Å². The Morgan fingerprint density at radius 3 is 1.82 bits per heavy atom. The fourth-order valence-corrected chi connectivity index (χ4v) is 0.613. The Hall–Kier alpha value is -1.83. The zero-order valence-corrected chi connectivity index (χ0v) is 11.6. The van der Waals surface area contributed by atoms with E-state index < -0.39 is 24.5 Å². The summed E-state index contributed by atoms with van der Waals surface area (Å²) in [7, 11) is 0. The molecular weight excluding hydrogens is 310 g/mol. The number of carbonyl (C=O) groups is 3. The van der Waals surface area contributed by atoms with Crippen LogP contribution in [0.5, 0.6) is 0 Å². The van der Waals surface area contributed by atoms with Crippen LogP contribution in [-0.2, 0) is 33.8 Å². The Morgan fingerprint density at radius 1 is 0.864 bits per heavy atom. The van der Waals surface area contributed by atoms with Gasteiger partial charge in [0.25, 0.3) is 0 Å². The molecule has 5 N–H and O–H groups in total. The number of carboxylic acid groups (broad SMARTS) is 2. The summed E-state index contributed by atoms with van der Waals surface area (Å²) in [4.78, 5) is 47.1. The number of aliphatic carboxylic acids is 2. The van der Waals surface area contributed by atoms with Crippen molar-refractivity contribution in [3.8, 4) is 0 Å². The van der Waals surface area contributed by atoms with Crippen LogP contribution in [0.25, 0.3) is 0 Å². The maximum atomic E-state index is 10.5. The molecule has 0 aromatic rings. The molecule has 22 heavy (non-hydrogen) atoms. The number of nitrogens with one attached hydrogen (secondary N) is 1. The molecule has 0 heterocycles. The third-order valence-corrected chi connectivity index (χ3v) is 1.38. The van der Waals surface area contributed by atoms with Gasteiger partial charge in [-0.05, 0) is 0 Å². The normalized spacial score (nSPS) is 9.55. The van der Waals surface area contributed by atoms with Crippen molar-refractivity contribution in [2.24, 2.45) is 0 Å². The van der Waals surface area contributed by atoms with Crippen LogP contribution in [0.1, 0.15) is 12.8 Å². The van der Waals surface area contributed by atoms with Gasteiger partial charge in [-0.15, -0.1) is 0 Å². The van der Waals surface area contributed by atoms with Gasteiger partial charge in [0, 0.05) is 0 Å². The highest BCUT2D eigenvalue weighted by Gasteiger charge is 2.08. The fraction of sp³-hybridized carbons (Fsp3) is 0.700. The van der Waals surface area contributed by atoms with Crippen molar-refractivity contribution in [3.63, 3.8) is 0 Å². The number of carbonyl (C=O) groups excluding carboxylic acids is 1. The number of carboxylic acids is 2. The molecule has 0 amide bonds. The summed E-state index contributed by atoms with van der Waals surface area (Å²) in [6.45, 7) is -0.541. The maximum absolute atomic E-state index is 10.5. The lowest BCUT2D eigenvalue weighted by Gasteiger charge is -2.01. The van der Waals surface area contributed by atoms with Gasteiger partial charge < -0.3 is 20.4 Å². The standard InChI is InChI=1S/C6H8O7.C4H11NO4/c7-4(8)1-2-6(11)13-12-3-5(9)10;6-1-3-8-5-9-4-2-7/h1-3H2,(H,7,8)(H,9,10);5-7H,1-4H2. The first-order valence-corrected chi connectivity index (χ1v) is 5.90. The molecule has 0 unspecified atom stereocenters. The average molecular weight is 329 g/mol. The Balaban J connectivity index is 0. The highest BCUT2D eigenvalue weighted by Crippen LogP contribution is 1.93.